The minimum Gasteiger partial charge on any atom is -0.340 e. The predicted octanol–water partition coefficient (Wildman–Crippen LogP) is 4.30. The second-order valence-corrected chi connectivity index (χ2v) is 11.4. The van der Waals surface area contributed by atoms with Gasteiger partial charge in [0.25, 0.3) is 0 Å². The number of carbonyl (C=O) groups is 1. The molecule has 1 N–H and O–H groups in total. The number of rotatable bonds is 5. The summed E-state index contributed by atoms with van der Waals surface area (Å²) < 4.78 is 13.6. The van der Waals surface area contributed by atoms with E-state index in [2.05, 4.69) is 32.1 Å². The molecule has 188 valence electrons. The Hall–Kier alpha value is -2.59. The van der Waals surface area contributed by atoms with Crippen LogP contribution in [0.2, 0.25) is 5.02 Å². The number of anilines is 2. The Morgan fingerprint density at radius 2 is 2.19 bits per heavy atom. The smallest absolute Gasteiger partial charge is 0.246 e. The first kappa shape index (κ1) is 23.8. The monoisotopic (exact) mass is 526 g/mol. The van der Waals surface area contributed by atoms with Crippen LogP contribution in [0.3, 0.4) is 0 Å². The fourth-order valence-electron chi connectivity index (χ4n) is 5.74. The molecule has 2 atom stereocenters. The van der Waals surface area contributed by atoms with Crippen LogP contribution >= 0.6 is 22.9 Å². The van der Waals surface area contributed by atoms with E-state index in [1.54, 1.807) is 29.5 Å². The Balaban J connectivity index is 1.13. The van der Waals surface area contributed by atoms with Crippen molar-refractivity contribution in [1.82, 2.24) is 24.7 Å². The largest absolute Gasteiger partial charge is 0.340 e. The van der Waals surface area contributed by atoms with Crippen LogP contribution < -0.4 is 5.32 Å². The fraction of sp³-hybridized carbons (Fsp3) is 0.423. The lowest BCUT2D eigenvalue weighted by Gasteiger charge is -2.26. The van der Waals surface area contributed by atoms with Crippen molar-refractivity contribution >= 4 is 50.6 Å². The Morgan fingerprint density at radius 1 is 1.31 bits per heavy atom. The van der Waals surface area contributed by atoms with E-state index in [1.165, 1.54) is 30.9 Å². The van der Waals surface area contributed by atoms with Gasteiger partial charge in [-0.25, -0.2) is 14.4 Å². The molecule has 2 aromatic heterocycles. The molecule has 1 amide bonds. The highest BCUT2D eigenvalue weighted by Gasteiger charge is 2.38. The highest BCUT2D eigenvalue weighted by atomic mass is 35.5. The molecule has 0 aliphatic carbocycles. The number of hydrogen-bond donors (Lipinski definition) is 1. The first-order chi connectivity index (χ1) is 17.5. The Labute approximate surface area is 218 Å². The summed E-state index contributed by atoms with van der Waals surface area (Å²) in [6.45, 7) is 5.47. The quantitative estimate of drug-likeness (QED) is 0.500. The topological polar surface area (TPSA) is 64.6 Å². The number of aromatic nitrogens is 2. The summed E-state index contributed by atoms with van der Waals surface area (Å²) in [4.78, 5) is 30.7. The minimum absolute atomic E-state index is 0.0554. The molecule has 7 nitrogen and oxygen atoms in total. The fourth-order valence-corrected chi connectivity index (χ4v) is 7.12. The van der Waals surface area contributed by atoms with Crippen molar-refractivity contribution in [3.63, 3.8) is 0 Å². The highest BCUT2D eigenvalue weighted by Crippen LogP contribution is 2.38. The van der Waals surface area contributed by atoms with Crippen molar-refractivity contribution in [2.75, 3.05) is 45.1 Å². The van der Waals surface area contributed by atoms with E-state index in [1.807, 2.05) is 11.0 Å². The third kappa shape index (κ3) is 4.49. The number of halogens is 2. The molecule has 0 saturated carbocycles. The molecule has 5 heterocycles. The van der Waals surface area contributed by atoms with Crippen LogP contribution in [0.25, 0.3) is 10.2 Å². The molecule has 3 aliphatic heterocycles. The first-order valence-electron chi connectivity index (χ1n) is 12.3. The van der Waals surface area contributed by atoms with E-state index in [0.29, 0.717) is 30.6 Å². The lowest BCUT2D eigenvalue weighted by molar-refractivity contribution is -0.126. The van der Waals surface area contributed by atoms with Gasteiger partial charge in [0.15, 0.2) is 0 Å². The first-order valence-corrected chi connectivity index (χ1v) is 13.5. The molecular formula is C26H28ClFN6OS. The normalized spacial score (nSPS) is 22.5. The summed E-state index contributed by atoms with van der Waals surface area (Å²) in [5.74, 6) is 1.04. The van der Waals surface area contributed by atoms with E-state index in [4.69, 9.17) is 11.6 Å². The number of benzene rings is 1. The van der Waals surface area contributed by atoms with Crippen molar-refractivity contribution < 1.29 is 9.18 Å². The van der Waals surface area contributed by atoms with E-state index >= 15 is 0 Å². The van der Waals surface area contributed by atoms with Crippen molar-refractivity contribution in [2.45, 2.75) is 25.4 Å². The van der Waals surface area contributed by atoms with Crippen molar-refractivity contribution in [1.29, 1.82) is 0 Å². The van der Waals surface area contributed by atoms with E-state index < -0.39 is 5.82 Å². The zero-order valence-corrected chi connectivity index (χ0v) is 21.7. The van der Waals surface area contributed by atoms with Crippen LogP contribution in [0.1, 0.15) is 16.9 Å². The average molecular weight is 527 g/mol. The molecule has 2 saturated heterocycles. The highest BCUT2D eigenvalue weighted by molar-refractivity contribution is 7.19. The van der Waals surface area contributed by atoms with Gasteiger partial charge in [0, 0.05) is 48.9 Å². The molecule has 0 bridgehead atoms. The third-order valence-corrected chi connectivity index (χ3v) is 9.07. The van der Waals surface area contributed by atoms with Crippen LogP contribution in [-0.4, -0.2) is 76.4 Å². The molecule has 3 aliphatic rings. The summed E-state index contributed by atoms with van der Waals surface area (Å²) in [5, 5.41) is 4.28. The molecule has 36 heavy (non-hydrogen) atoms. The zero-order chi connectivity index (χ0) is 24.8. The summed E-state index contributed by atoms with van der Waals surface area (Å²) in [5.41, 5.74) is 1.83. The molecule has 2 unspecified atom stereocenters. The van der Waals surface area contributed by atoms with E-state index in [-0.39, 0.29) is 10.9 Å². The summed E-state index contributed by atoms with van der Waals surface area (Å²) >= 11 is 7.54. The van der Waals surface area contributed by atoms with Crippen molar-refractivity contribution in [3.05, 3.63) is 58.0 Å². The summed E-state index contributed by atoms with van der Waals surface area (Å²) in [6.07, 6.45) is 7.30. The second-order valence-electron chi connectivity index (χ2n) is 9.89. The molecule has 0 radical (unpaired) electrons. The van der Waals surface area contributed by atoms with Crippen LogP contribution in [0, 0.1) is 11.7 Å². The van der Waals surface area contributed by atoms with Gasteiger partial charge in [-0.2, -0.15) is 0 Å². The van der Waals surface area contributed by atoms with Crippen molar-refractivity contribution in [3.8, 4) is 0 Å². The standard InChI is InChI=1S/C26H28ClFN6OS/c1-32-9-6-16-12-33(13-21(16)32)8-2-3-23(35)34-10-7-18-22(14-34)36-26-24(18)25(29-15-30-26)31-17-4-5-20(28)19(27)11-17/h2-5,11,15-16,21H,6-10,12-14H2,1H3,(H,29,30,31)/b3-2+. The molecule has 0 spiro atoms. The molecule has 6 rings (SSSR count). The molecule has 10 heteroatoms. The maximum atomic E-state index is 13.6. The molecular weight excluding hydrogens is 499 g/mol. The maximum Gasteiger partial charge on any atom is 0.246 e. The molecule has 2 fully saturated rings. The average Bonchev–Trinajstić information content (AvgIpc) is 3.55. The Bertz CT molecular complexity index is 1350. The van der Waals surface area contributed by atoms with Gasteiger partial charge in [0.2, 0.25) is 5.91 Å². The van der Waals surface area contributed by atoms with Gasteiger partial charge in [-0.1, -0.05) is 17.7 Å². The van der Waals surface area contributed by atoms with Crippen LogP contribution in [0.15, 0.2) is 36.7 Å². The van der Waals surface area contributed by atoms with E-state index in [0.717, 1.165) is 47.1 Å². The number of likely N-dealkylation sites (tertiary alicyclic amines) is 2. The maximum absolute atomic E-state index is 13.6. The van der Waals surface area contributed by atoms with Crippen molar-refractivity contribution in [2.24, 2.45) is 5.92 Å². The van der Waals surface area contributed by atoms with Gasteiger partial charge >= 0.3 is 0 Å². The van der Waals surface area contributed by atoms with Gasteiger partial charge in [-0.15, -0.1) is 11.3 Å². The Kier molecular flexibility index (Phi) is 6.41. The van der Waals surface area contributed by atoms with E-state index in [9.17, 15) is 9.18 Å². The number of hydrogen-bond acceptors (Lipinski definition) is 7. The number of carbonyl (C=O) groups excluding carboxylic acids is 1. The number of likely N-dealkylation sites (N-methyl/N-ethyl adjacent to an activating group) is 1. The minimum atomic E-state index is -0.461. The Morgan fingerprint density at radius 3 is 3.03 bits per heavy atom. The number of amides is 1. The van der Waals surface area contributed by atoms with Gasteiger partial charge in [0.1, 0.15) is 22.8 Å². The predicted molar refractivity (Wildman–Crippen MR) is 141 cm³/mol. The summed E-state index contributed by atoms with van der Waals surface area (Å²) in [6, 6.07) is 5.18. The number of nitrogens with one attached hydrogen (secondary N) is 1. The van der Waals surface area contributed by atoms with Gasteiger partial charge in [-0.05, 0) is 56.1 Å². The van der Waals surface area contributed by atoms with Gasteiger partial charge < -0.3 is 15.1 Å². The second kappa shape index (κ2) is 9.70. The lowest BCUT2D eigenvalue weighted by Crippen LogP contribution is -2.34. The third-order valence-electron chi connectivity index (χ3n) is 7.66. The number of nitrogens with zero attached hydrogens (tertiary/aromatic N) is 5. The SMILES string of the molecule is CN1CCC2CN(C/C=C/C(=O)N3CCc4c(sc5ncnc(Nc6ccc(F)c(Cl)c6)c45)C3)CC21. The number of fused-ring (bicyclic) bond motifs is 4. The molecule has 3 aromatic rings. The van der Waals surface area contributed by atoms with Gasteiger partial charge in [-0.3, -0.25) is 9.69 Å². The zero-order valence-electron chi connectivity index (χ0n) is 20.1. The van der Waals surface area contributed by atoms with Crippen LogP contribution in [-0.2, 0) is 17.8 Å². The molecule has 1 aromatic carbocycles. The summed E-state index contributed by atoms with van der Waals surface area (Å²) in [7, 11) is 2.22. The van der Waals surface area contributed by atoms with Crippen LogP contribution in [0.4, 0.5) is 15.9 Å². The number of thiophene rings is 1. The van der Waals surface area contributed by atoms with Gasteiger partial charge in [0.05, 0.1) is 17.0 Å². The lowest BCUT2D eigenvalue weighted by atomic mass is 10.0. The van der Waals surface area contributed by atoms with Crippen LogP contribution in [0.5, 0.6) is 0 Å².